The van der Waals surface area contributed by atoms with Crippen molar-refractivity contribution in [2.45, 2.75) is 44.8 Å². The van der Waals surface area contributed by atoms with E-state index in [1.807, 2.05) is 13.8 Å². The Labute approximate surface area is 146 Å². The van der Waals surface area contributed by atoms with Crippen molar-refractivity contribution >= 4 is 30.2 Å². The lowest BCUT2D eigenvalue weighted by Gasteiger charge is -2.15. The fraction of sp³-hybridized carbons (Fsp3) is 0.500. The highest BCUT2D eigenvalue weighted by Gasteiger charge is 2.16. The van der Waals surface area contributed by atoms with Gasteiger partial charge in [0.1, 0.15) is 0 Å². The molecule has 0 fully saturated rings. The standard InChI is InChI=1S/C16H23N3O4S/c1-11(18-19-13(20)9-16(2,3)24)12-6-7-14(17-10-12)23-8-4-5-15(21)22/h6-7,10,24H,4-5,8-9H2,1-3H3,(H,19,20)(H,21,22)/b18-11-. The molecule has 7 nitrogen and oxygen atoms in total. The van der Waals surface area contributed by atoms with E-state index in [-0.39, 0.29) is 18.7 Å². The minimum absolute atomic E-state index is 0.0621. The van der Waals surface area contributed by atoms with Crippen molar-refractivity contribution in [2.75, 3.05) is 6.61 Å². The maximum absolute atomic E-state index is 11.7. The van der Waals surface area contributed by atoms with E-state index in [4.69, 9.17) is 9.84 Å². The van der Waals surface area contributed by atoms with E-state index in [9.17, 15) is 9.59 Å². The van der Waals surface area contributed by atoms with Crippen LogP contribution in [0.4, 0.5) is 0 Å². The van der Waals surface area contributed by atoms with Gasteiger partial charge in [-0.1, -0.05) is 13.8 Å². The predicted octanol–water partition coefficient (Wildman–Crippen LogP) is 2.26. The Morgan fingerprint density at radius 2 is 2.12 bits per heavy atom. The highest BCUT2D eigenvalue weighted by Crippen LogP contribution is 2.16. The van der Waals surface area contributed by atoms with Crippen LogP contribution >= 0.6 is 12.6 Å². The maximum Gasteiger partial charge on any atom is 0.303 e. The van der Waals surface area contributed by atoms with E-state index >= 15 is 0 Å². The van der Waals surface area contributed by atoms with E-state index in [2.05, 4.69) is 28.1 Å². The summed E-state index contributed by atoms with van der Waals surface area (Å²) in [5, 5.41) is 12.6. The van der Waals surface area contributed by atoms with Gasteiger partial charge < -0.3 is 9.84 Å². The van der Waals surface area contributed by atoms with Gasteiger partial charge in [0.05, 0.1) is 12.3 Å². The molecule has 1 rings (SSSR count). The predicted molar refractivity (Wildman–Crippen MR) is 94.6 cm³/mol. The summed E-state index contributed by atoms with van der Waals surface area (Å²) in [6.07, 6.45) is 2.33. The average molecular weight is 353 g/mol. The number of ether oxygens (including phenoxy) is 1. The van der Waals surface area contributed by atoms with Gasteiger partial charge in [0.2, 0.25) is 11.8 Å². The number of thiol groups is 1. The summed E-state index contributed by atoms with van der Waals surface area (Å²) in [4.78, 5) is 26.2. The second-order valence-electron chi connectivity index (χ2n) is 5.95. The fourth-order valence-electron chi connectivity index (χ4n) is 1.72. The second-order valence-corrected chi connectivity index (χ2v) is 7.16. The van der Waals surface area contributed by atoms with Crippen molar-refractivity contribution < 1.29 is 19.4 Å². The maximum atomic E-state index is 11.7. The lowest BCUT2D eigenvalue weighted by molar-refractivity contribution is -0.137. The monoisotopic (exact) mass is 353 g/mol. The molecule has 0 spiro atoms. The van der Waals surface area contributed by atoms with Crippen molar-refractivity contribution in [3.63, 3.8) is 0 Å². The molecule has 1 amide bonds. The van der Waals surface area contributed by atoms with Crippen LogP contribution in [0.1, 0.15) is 45.6 Å². The molecule has 2 N–H and O–H groups in total. The Morgan fingerprint density at radius 3 is 2.67 bits per heavy atom. The molecule has 0 atom stereocenters. The van der Waals surface area contributed by atoms with E-state index in [1.165, 1.54) is 0 Å². The van der Waals surface area contributed by atoms with Gasteiger partial charge in [-0.2, -0.15) is 17.7 Å². The van der Waals surface area contributed by atoms with Crippen LogP contribution in [0.25, 0.3) is 0 Å². The molecular weight excluding hydrogens is 330 g/mol. The zero-order valence-electron chi connectivity index (χ0n) is 14.1. The first-order chi connectivity index (χ1) is 11.2. The van der Waals surface area contributed by atoms with E-state index in [1.54, 1.807) is 25.3 Å². The molecule has 8 heteroatoms. The number of hydrazone groups is 1. The number of hydrogen-bond acceptors (Lipinski definition) is 6. The summed E-state index contributed by atoms with van der Waals surface area (Å²) in [6, 6.07) is 3.45. The fourth-order valence-corrected chi connectivity index (χ4v) is 1.87. The quantitative estimate of drug-likeness (QED) is 0.274. The van der Waals surface area contributed by atoms with Crippen molar-refractivity contribution in [1.29, 1.82) is 0 Å². The van der Waals surface area contributed by atoms with Gasteiger partial charge in [-0.15, -0.1) is 0 Å². The Kier molecular flexibility index (Phi) is 7.70. The van der Waals surface area contributed by atoms with Gasteiger partial charge >= 0.3 is 5.97 Å². The Hall–Kier alpha value is -2.09. The Balaban J connectivity index is 2.50. The third-order valence-electron chi connectivity index (χ3n) is 2.88. The first-order valence-corrected chi connectivity index (χ1v) is 7.98. The minimum atomic E-state index is -0.850. The molecule has 0 unspecified atom stereocenters. The number of rotatable bonds is 9. The average Bonchev–Trinajstić information content (AvgIpc) is 2.48. The Bertz CT molecular complexity index is 594. The third kappa shape index (κ3) is 8.52. The van der Waals surface area contributed by atoms with Gasteiger partial charge in [0.25, 0.3) is 0 Å². The summed E-state index contributed by atoms with van der Waals surface area (Å²) in [6.45, 7) is 5.76. The number of nitrogens with zero attached hydrogens (tertiary/aromatic N) is 2. The van der Waals surface area contributed by atoms with Crippen LogP contribution in [0, 0.1) is 0 Å². The minimum Gasteiger partial charge on any atom is -0.481 e. The molecule has 0 saturated heterocycles. The lowest BCUT2D eigenvalue weighted by Crippen LogP contribution is -2.26. The number of amides is 1. The van der Waals surface area contributed by atoms with E-state index in [0.717, 1.165) is 5.56 Å². The SMILES string of the molecule is C/C(=N/NC(=O)CC(C)(C)S)c1ccc(OCCCC(=O)O)nc1. The van der Waals surface area contributed by atoms with Gasteiger partial charge in [-0.25, -0.2) is 10.4 Å². The van der Waals surface area contributed by atoms with Crippen LogP contribution in [0.3, 0.4) is 0 Å². The highest BCUT2D eigenvalue weighted by molar-refractivity contribution is 7.81. The van der Waals surface area contributed by atoms with Gasteiger partial charge in [0, 0.05) is 35.4 Å². The van der Waals surface area contributed by atoms with Crippen molar-refractivity contribution in [1.82, 2.24) is 10.4 Å². The summed E-state index contributed by atoms with van der Waals surface area (Å²) in [5.74, 6) is -0.643. The highest BCUT2D eigenvalue weighted by atomic mass is 32.1. The lowest BCUT2D eigenvalue weighted by atomic mass is 10.1. The molecular formula is C16H23N3O4S. The molecule has 132 valence electrons. The number of carbonyl (C=O) groups excluding carboxylic acids is 1. The number of carboxylic acid groups (broad SMARTS) is 1. The molecule has 1 aromatic rings. The molecule has 0 aliphatic carbocycles. The molecule has 1 heterocycles. The number of carbonyl (C=O) groups is 2. The smallest absolute Gasteiger partial charge is 0.303 e. The molecule has 0 aliphatic rings. The summed E-state index contributed by atoms with van der Waals surface area (Å²) < 4.78 is 4.96. The number of carboxylic acids is 1. The largest absolute Gasteiger partial charge is 0.481 e. The van der Waals surface area contributed by atoms with Crippen molar-refractivity contribution in [2.24, 2.45) is 5.10 Å². The normalized spacial score (nSPS) is 11.9. The van der Waals surface area contributed by atoms with Crippen LogP contribution in [0.5, 0.6) is 5.88 Å². The first-order valence-electron chi connectivity index (χ1n) is 7.54. The molecule has 0 aromatic carbocycles. The molecule has 0 bridgehead atoms. The zero-order chi connectivity index (χ0) is 18.2. The topological polar surface area (TPSA) is 101 Å². The number of aromatic nitrogens is 1. The number of pyridine rings is 1. The van der Waals surface area contributed by atoms with Crippen molar-refractivity contribution in [3.8, 4) is 5.88 Å². The van der Waals surface area contributed by atoms with Crippen LogP contribution in [-0.4, -0.2) is 39.0 Å². The molecule has 1 aromatic heterocycles. The van der Waals surface area contributed by atoms with Crippen molar-refractivity contribution in [3.05, 3.63) is 23.9 Å². The van der Waals surface area contributed by atoms with Gasteiger partial charge in [0.15, 0.2) is 0 Å². The summed E-state index contributed by atoms with van der Waals surface area (Å²) in [7, 11) is 0. The Morgan fingerprint density at radius 1 is 1.42 bits per heavy atom. The first kappa shape index (κ1) is 20.0. The van der Waals surface area contributed by atoms with Gasteiger partial charge in [-0.3, -0.25) is 9.59 Å². The summed E-state index contributed by atoms with van der Waals surface area (Å²) in [5.41, 5.74) is 3.85. The molecule has 0 saturated carbocycles. The van der Waals surface area contributed by atoms with Crippen LogP contribution in [0.15, 0.2) is 23.4 Å². The van der Waals surface area contributed by atoms with Crippen LogP contribution in [-0.2, 0) is 9.59 Å². The third-order valence-corrected chi connectivity index (χ3v) is 3.04. The van der Waals surface area contributed by atoms with Gasteiger partial charge in [-0.05, 0) is 19.4 Å². The van der Waals surface area contributed by atoms with E-state index < -0.39 is 10.7 Å². The number of nitrogens with one attached hydrogen (secondary N) is 1. The number of aliphatic carboxylic acids is 1. The van der Waals surface area contributed by atoms with Crippen LogP contribution < -0.4 is 10.2 Å². The summed E-state index contributed by atoms with van der Waals surface area (Å²) >= 11 is 4.30. The number of hydrogen-bond donors (Lipinski definition) is 3. The molecule has 0 aliphatic heterocycles. The van der Waals surface area contributed by atoms with Crippen LogP contribution in [0.2, 0.25) is 0 Å². The zero-order valence-corrected chi connectivity index (χ0v) is 15.0. The molecule has 0 radical (unpaired) electrons. The second kappa shape index (κ2) is 9.27. The van der Waals surface area contributed by atoms with E-state index in [0.29, 0.717) is 24.6 Å². The molecule has 24 heavy (non-hydrogen) atoms.